The van der Waals surface area contributed by atoms with Gasteiger partial charge in [-0.3, -0.25) is 0 Å². The molecule has 0 saturated heterocycles. The van der Waals surface area contributed by atoms with Gasteiger partial charge >= 0.3 is 6.03 Å². The van der Waals surface area contributed by atoms with Crippen LogP contribution in [0.15, 0.2) is 46.9 Å². The molecule has 0 spiro atoms. The summed E-state index contributed by atoms with van der Waals surface area (Å²) in [5.74, 6) is -0.0694. The summed E-state index contributed by atoms with van der Waals surface area (Å²) in [4.78, 5) is 12.0. The molecule has 0 saturated carbocycles. The van der Waals surface area contributed by atoms with Gasteiger partial charge in [0.2, 0.25) is 10.0 Å². The number of carbonyl (C=O) groups excluding carboxylic acids is 1. The highest BCUT2D eigenvalue weighted by Crippen LogP contribution is 2.20. The summed E-state index contributed by atoms with van der Waals surface area (Å²) < 4.78 is 26.2. The summed E-state index contributed by atoms with van der Waals surface area (Å²) in [5, 5.41) is 5.53. The van der Waals surface area contributed by atoms with Crippen LogP contribution in [0, 0.1) is 6.92 Å². The summed E-state index contributed by atoms with van der Waals surface area (Å²) in [6.45, 7) is 2.32. The third-order valence-corrected chi connectivity index (χ3v) is 5.76. The second-order valence-corrected chi connectivity index (χ2v) is 8.33. The minimum atomic E-state index is -3.29. The Morgan fingerprint density at radius 3 is 2.32 bits per heavy atom. The van der Waals surface area contributed by atoms with Crippen LogP contribution in [0.4, 0.5) is 10.5 Å². The number of carbonyl (C=O) groups is 1. The van der Waals surface area contributed by atoms with Crippen molar-refractivity contribution in [2.24, 2.45) is 0 Å². The van der Waals surface area contributed by atoms with Crippen molar-refractivity contribution in [3.05, 3.63) is 63.6 Å². The quantitative estimate of drug-likeness (QED) is 0.664. The van der Waals surface area contributed by atoms with Crippen molar-refractivity contribution in [2.45, 2.75) is 19.2 Å². The van der Waals surface area contributed by atoms with Crippen molar-refractivity contribution in [1.82, 2.24) is 10.0 Å². The summed E-state index contributed by atoms with van der Waals surface area (Å²) in [6.07, 6.45) is 0. The zero-order chi connectivity index (χ0) is 18.4. The molecule has 2 amide bonds. The van der Waals surface area contributed by atoms with Crippen LogP contribution in [0.2, 0.25) is 0 Å². The summed E-state index contributed by atoms with van der Waals surface area (Å²) in [5.41, 5.74) is 3.35. The topological polar surface area (TPSA) is 87.3 Å². The second-order valence-electron chi connectivity index (χ2n) is 5.55. The van der Waals surface area contributed by atoms with E-state index in [9.17, 15) is 13.2 Å². The van der Waals surface area contributed by atoms with Crippen molar-refractivity contribution in [3.8, 4) is 0 Å². The highest BCUT2D eigenvalue weighted by atomic mass is 79.9. The number of nitrogens with one attached hydrogen (secondary N) is 3. The van der Waals surface area contributed by atoms with E-state index in [0.29, 0.717) is 17.8 Å². The summed E-state index contributed by atoms with van der Waals surface area (Å²) in [7, 11) is -1.90. The Kier molecular flexibility index (Phi) is 6.57. The molecule has 0 aliphatic heterocycles. The van der Waals surface area contributed by atoms with Crippen molar-refractivity contribution >= 4 is 37.7 Å². The van der Waals surface area contributed by atoms with Gasteiger partial charge in [0.15, 0.2) is 0 Å². The van der Waals surface area contributed by atoms with Gasteiger partial charge in [-0.05, 0) is 42.8 Å². The van der Waals surface area contributed by atoms with E-state index in [1.54, 1.807) is 24.3 Å². The first-order valence-corrected chi connectivity index (χ1v) is 10.0. The lowest BCUT2D eigenvalue weighted by Gasteiger charge is -2.09. The average molecular weight is 426 g/mol. The lowest BCUT2D eigenvalue weighted by Crippen LogP contribution is -2.28. The van der Waals surface area contributed by atoms with Crippen LogP contribution in [0.3, 0.4) is 0 Å². The minimum absolute atomic E-state index is 0.0694. The number of hydrogen-bond acceptors (Lipinski definition) is 3. The molecular formula is C17H20BrN3O3S. The first-order valence-electron chi connectivity index (χ1n) is 7.59. The Hall–Kier alpha value is -1.90. The molecule has 0 aromatic heterocycles. The average Bonchev–Trinajstić information content (AvgIpc) is 2.57. The largest absolute Gasteiger partial charge is 0.334 e. The molecule has 2 aromatic carbocycles. The molecule has 0 radical (unpaired) electrons. The van der Waals surface area contributed by atoms with E-state index in [1.807, 2.05) is 25.1 Å². The number of sulfonamides is 1. The van der Waals surface area contributed by atoms with Gasteiger partial charge in [0.05, 0.1) is 5.75 Å². The number of benzene rings is 2. The Bertz CT molecular complexity index is 852. The Morgan fingerprint density at radius 1 is 1.08 bits per heavy atom. The molecule has 0 aliphatic rings. The molecule has 6 nitrogen and oxygen atoms in total. The maximum atomic E-state index is 12.0. The molecule has 0 heterocycles. The number of amides is 2. The van der Waals surface area contributed by atoms with Crippen LogP contribution in [-0.2, 0) is 22.3 Å². The van der Waals surface area contributed by atoms with E-state index in [-0.39, 0.29) is 11.8 Å². The molecule has 0 atom stereocenters. The van der Waals surface area contributed by atoms with Crippen molar-refractivity contribution < 1.29 is 13.2 Å². The highest BCUT2D eigenvalue weighted by molar-refractivity contribution is 9.10. The molecule has 0 fully saturated rings. The van der Waals surface area contributed by atoms with Gasteiger partial charge < -0.3 is 10.6 Å². The maximum Gasteiger partial charge on any atom is 0.319 e. The molecule has 0 aliphatic carbocycles. The molecule has 25 heavy (non-hydrogen) atoms. The van der Waals surface area contributed by atoms with Crippen LogP contribution in [0.25, 0.3) is 0 Å². The van der Waals surface area contributed by atoms with Crippen LogP contribution in [-0.4, -0.2) is 21.5 Å². The number of hydrogen-bond donors (Lipinski definition) is 3. The van der Waals surface area contributed by atoms with Gasteiger partial charge in [0.25, 0.3) is 0 Å². The predicted molar refractivity (Wildman–Crippen MR) is 103 cm³/mol. The van der Waals surface area contributed by atoms with Crippen molar-refractivity contribution in [2.75, 3.05) is 12.4 Å². The van der Waals surface area contributed by atoms with Gasteiger partial charge in [0, 0.05) is 16.7 Å². The third-order valence-electron chi connectivity index (χ3n) is 3.57. The van der Waals surface area contributed by atoms with E-state index in [2.05, 4.69) is 31.3 Å². The smallest absolute Gasteiger partial charge is 0.319 e. The lowest BCUT2D eigenvalue weighted by molar-refractivity contribution is 0.251. The molecule has 3 N–H and O–H groups in total. The van der Waals surface area contributed by atoms with E-state index in [0.717, 1.165) is 15.6 Å². The van der Waals surface area contributed by atoms with Crippen LogP contribution in [0.1, 0.15) is 16.7 Å². The maximum absolute atomic E-state index is 12.0. The monoisotopic (exact) mass is 425 g/mol. The predicted octanol–water partition coefficient (Wildman–Crippen LogP) is 3.13. The number of urea groups is 1. The Balaban J connectivity index is 1.88. The van der Waals surface area contributed by atoms with Crippen LogP contribution >= 0.6 is 15.9 Å². The number of halogens is 1. The number of rotatable bonds is 6. The second kappa shape index (κ2) is 8.46. The van der Waals surface area contributed by atoms with E-state index in [4.69, 9.17) is 0 Å². The fourth-order valence-corrected chi connectivity index (χ4v) is 3.23. The fourth-order valence-electron chi connectivity index (χ4n) is 2.07. The van der Waals surface area contributed by atoms with Crippen molar-refractivity contribution in [3.63, 3.8) is 0 Å². The standard InChI is InChI=1S/C17H20BrN3O3S/c1-12-3-8-15(9-16(12)18)21-17(22)20-10-13-4-6-14(7-5-13)11-25(23,24)19-2/h3-9,19H,10-11H2,1-2H3,(H2,20,21,22). The summed E-state index contributed by atoms with van der Waals surface area (Å²) >= 11 is 3.43. The molecule has 134 valence electrons. The van der Waals surface area contributed by atoms with Gasteiger partial charge in [-0.1, -0.05) is 46.3 Å². The summed E-state index contributed by atoms with van der Waals surface area (Å²) in [6, 6.07) is 12.3. The normalized spacial score (nSPS) is 11.2. The number of aryl methyl sites for hydroxylation is 1. The molecule has 0 bridgehead atoms. The van der Waals surface area contributed by atoms with Gasteiger partial charge in [-0.2, -0.15) is 0 Å². The van der Waals surface area contributed by atoms with E-state index >= 15 is 0 Å². The third kappa shape index (κ3) is 6.15. The first kappa shape index (κ1) is 19.4. The highest BCUT2D eigenvalue weighted by Gasteiger charge is 2.08. The molecule has 8 heteroatoms. The zero-order valence-corrected chi connectivity index (χ0v) is 16.4. The number of anilines is 1. The van der Waals surface area contributed by atoms with Gasteiger partial charge in [0.1, 0.15) is 0 Å². The van der Waals surface area contributed by atoms with Gasteiger partial charge in [-0.15, -0.1) is 0 Å². The minimum Gasteiger partial charge on any atom is -0.334 e. The molecule has 0 unspecified atom stereocenters. The van der Waals surface area contributed by atoms with Crippen molar-refractivity contribution in [1.29, 1.82) is 0 Å². The molecule has 2 rings (SSSR count). The van der Waals surface area contributed by atoms with E-state index in [1.165, 1.54) is 7.05 Å². The van der Waals surface area contributed by atoms with Crippen LogP contribution in [0.5, 0.6) is 0 Å². The fraction of sp³-hybridized carbons (Fsp3) is 0.235. The van der Waals surface area contributed by atoms with Crippen LogP contribution < -0.4 is 15.4 Å². The Labute approximate surface area is 156 Å². The first-order chi connectivity index (χ1) is 11.8. The van der Waals surface area contributed by atoms with E-state index < -0.39 is 10.0 Å². The molecule has 2 aromatic rings. The molecular weight excluding hydrogens is 406 g/mol. The van der Waals surface area contributed by atoms with Gasteiger partial charge in [-0.25, -0.2) is 17.9 Å². The lowest BCUT2D eigenvalue weighted by atomic mass is 10.1. The Morgan fingerprint density at radius 2 is 1.72 bits per heavy atom. The zero-order valence-electron chi connectivity index (χ0n) is 14.0. The SMILES string of the molecule is CNS(=O)(=O)Cc1ccc(CNC(=O)Nc2ccc(C)c(Br)c2)cc1.